The Morgan fingerprint density at radius 2 is 1.63 bits per heavy atom. The second-order valence-corrected chi connectivity index (χ2v) is 6.68. The SMILES string of the molecule is CO[Si](O)(CCCc1cc(F)c(F)c(F)c1F)OC. The molecular formula is C11H14F4O3Si. The summed E-state index contributed by atoms with van der Waals surface area (Å²) in [5.74, 6) is -6.53. The first-order valence-corrected chi connectivity index (χ1v) is 7.46. The van der Waals surface area contributed by atoms with Gasteiger partial charge in [0.1, 0.15) is 0 Å². The van der Waals surface area contributed by atoms with Gasteiger partial charge in [0.15, 0.2) is 23.3 Å². The molecule has 1 aromatic rings. The van der Waals surface area contributed by atoms with Crippen molar-refractivity contribution in [2.45, 2.75) is 18.9 Å². The van der Waals surface area contributed by atoms with Crippen LogP contribution in [0.5, 0.6) is 0 Å². The summed E-state index contributed by atoms with van der Waals surface area (Å²) in [6.07, 6.45) is 0.119. The average molecular weight is 298 g/mol. The molecule has 8 heteroatoms. The Balaban J connectivity index is 2.74. The third-order valence-electron chi connectivity index (χ3n) is 2.75. The van der Waals surface area contributed by atoms with Crippen LogP contribution in [0.15, 0.2) is 6.07 Å². The lowest BCUT2D eigenvalue weighted by molar-refractivity contribution is 0.150. The molecule has 0 bridgehead atoms. The second kappa shape index (κ2) is 6.46. The molecule has 0 aliphatic carbocycles. The molecule has 0 amide bonds. The van der Waals surface area contributed by atoms with E-state index in [2.05, 4.69) is 0 Å². The van der Waals surface area contributed by atoms with Crippen LogP contribution in [0.2, 0.25) is 6.04 Å². The zero-order chi connectivity index (χ0) is 14.6. The van der Waals surface area contributed by atoms with Crippen molar-refractivity contribution in [1.82, 2.24) is 0 Å². The molecule has 0 spiro atoms. The fourth-order valence-electron chi connectivity index (χ4n) is 1.59. The van der Waals surface area contributed by atoms with Crippen LogP contribution in [0.25, 0.3) is 0 Å². The van der Waals surface area contributed by atoms with Crippen LogP contribution in [0.1, 0.15) is 12.0 Å². The van der Waals surface area contributed by atoms with Gasteiger partial charge in [-0.1, -0.05) is 0 Å². The van der Waals surface area contributed by atoms with E-state index in [-0.39, 0.29) is 24.4 Å². The predicted molar refractivity (Wildman–Crippen MR) is 61.4 cm³/mol. The first kappa shape index (κ1) is 16.1. The number of hydrogen-bond donors (Lipinski definition) is 1. The molecule has 0 fully saturated rings. The van der Waals surface area contributed by atoms with E-state index in [0.29, 0.717) is 6.07 Å². The third kappa shape index (κ3) is 3.75. The van der Waals surface area contributed by atoms with E-state index in [1.165, 1.54) is 14.2 Å². The van der Waals surface area contributed by atoms with Gasteiger partial charge in [-0.15, -0.1) is 0 Å². The van der Waals surface area contributed by atoms with Crippen LogP contribution in [0.3, 0.4) is 0 Å². The first-order chi connectivity index (χ1) is 8.84. The van der Waals surface area contributed by atoms with Crippen LogP contribution >= 0.6 is 0 Å². The largest absolute Gasteiger partial charge is 0.497 e. The summed E-state index contributed by atoms with van der Waals surface area (Å²) >= 11 is 0. The highest BCUT2D eigenvalue weighted by Gasteiger charge is 2.33. The normalized spacial score (nSPS) is 11.9. The van der Waals surface area contributed by atoms with Gasteiger partial charge >= 0.3 is 8.80 Å². The molecule has 19 heavy (non-hydrogen) atoms. The molecule has 3 nitrogen and oxygen atoms in total. The standard InChI is InChI=1S/C11H14F4O3Si/c1-17-19(16,18-2)5-3-4-7-6-8(12)10(14)11(15)9(7)13/h6,16H,3-5H2,1-2H3. The highest BCUT2D eigenvalue weighted by Crippen LogP contribution is 2.21. The summed E-state index contributed by atoms with van der Waals surface area (Å²) in [6, 6.07) is 0.702. The van der Waals surface area contributed by atoms with Gasteiger partial charge in [-0.3, -0.25) is 0 Å². The first-order valence-electron chi connectivity index (χ1n) is 5.49. The number of benzene rings is 1. The summed E-state index contributed by atoms with van der Waals surface area (Å²) in [4.78, 5) is 9.72. The molecule has 0 atom stereocenters. The molecule has 108 valence electrons. The van der Waals surface area contributed by atoms with Crippen molar-refractivity contribution in [3.8, 4) is 0 Å². The Kier molecular flexibility index (Phi) is 5.47. The van der Waals surface area contributed by atoms with Gasteiger partial charge in [-0.25, -0.2) is 17.6 Å². The van der Waals surface area contributed by atoms with Gasteiger partial charge in [-0.2, -0.15) is 0 Å². The number of hydrogen-bond acceptors (Lipinski definition) is 3. The maximum absolute atomic E-state index is 13.3. The summed E-state index contributed by atoms with van der Waals surface area (Å²) < 4.78 is 61.6. The second-order valence-electron chi connectivity index (χ2n) is 3.93. The van der Waals surface area contributed by atoms with Gasteiger partial charge in [0, 0.05) is 20.3 Å². The maximum Gasteiger partial charge on any atom is 0.497 e. The number of aryl methyl sites for hydroxylation is 1. The lowest BCUT2D eigenvalue weighted by Crippen LogP contribution is -2.40. The Labute approximate surface area is 109 Å². The summed E-state index contributed by atoms with van der Waals surface area (Å²) in [6.45, 7) is 0. The zero-order valence-electron chi connectivity index (χ0n) is 10.5. The van der Waals surface area contributed by atoms with Crippen molar-refractivity contribution < 1.29 is 31.2 Å². The third-order valence-corrected chi connectivity index (χ3v) is 5.02. The van der Waals surface area contributed by atoms with Gasteiger partial charge in [0.25, 0.3) is 0 Å². The lowest BCUT2D eigenvalue weighted by Gasteiger charge is -2.19. The van der Waals surface area contributed by atoms with E-state index >= 15 is 0 Å². The smallest absolute Gasteiger partial charge is 0.390 e. The molecule has 1 N–H and O–H groups in total. The minimum absolute atomic E-state index is 0.0675. The quantitative estimate of drug-likeness (QED) is 0.379. The Morgan fingerprint density at radius 3 is 2.16 bits per heavy atom. The molecular weight excluding hydrogens is 284 g/mol. The highest BCUT2D eigenvalue weighted by atomic mass is 28.4. The Morgan fingerprint density at radius 1 is 1.05 bits per heavy atom. The van der Waals surface area contributed by atoms with Crippen LogP contribution in [-0.2, 0) is 15.3 Å². The molecule has 1 aromatic carbocycles. The van der Waals surface area contributed by atoms with Gasteiger partial charge < -0.3 is 13.6 Å². The maximum atomic E-state index is 13.3. The van der Waals surface area contributed by atoms with E-state index in [0.717, 1.165) is 0 Å². The minimum atomic E-state index is -3.29. The van der Waals surface area contributed by atoms with Crippen molar-refractivity contribution >= 4 is 8.80 Å². The molecule has 1 rings (SSSR count). The van der Waals surface area contributed by atoms with E-state index in [1.807, 2.05) is 0 Å². The van der Waals surface area contributed by atoms with E-state index in [9.17, 15) is 22.4 Å². The van der Waals surface area contributed by atoms with Crippen LogP contribution < -0.4 is 0 Å². The van der Waals surface area contributed by atoms with Crippen LogP contribution in [0.4, 0.5) is 17.6 Å². The molecule has 0 aliphatic heterocycles. The molecule has 0 aliphatic rings. The topological polar surface area (TPSA) is 38.7 Å². The van der Waals surface area contributed by atoms with Crippen molar-refractivity contribution in [3.05, 3.63) is 34.9 Å². The summed E-state index contributed by atoms with van der Waals surface area (Å²) in [5.41, 5.74) is -0.292. The van der Waals surface area contributed by atoms with E-state index in [4.69, 9.17) is 8.85 Å². The molecule has 0 heterocycles. The van der Waals surface area contributed by atoms with Crippen molar-refractivity contribution in [2.24, 2.45) is 0 Å². The Bertz CT molecular complexity index is 452. The fourth-order valence-corrected chi connectivity index (χ4v) is 2.79. The number of rotatable bonds is 6. The molecule has 0 saturated carbocycles. The van der Waals surface area contributed by atoms with Crippen LogP contribution in [0, 0.1) is 23.3 Å². The van der Waals surface area contributed by atoms with E-state index in [1.54, 1.807) is 0 Å². The van der Waals surface area contributed by atoms with Gasteiger partial charge in [0.2, 0.25) is 0 Å². The monoisotopic (exact) mass is 298 g/mol. The lowest BCUT2D eigenvalue weighted by atomic mass is 10.1. The molecule has 0 saturated heterocycles. The molecule has 0 radical (unpaired) electrons. The average Bonchev–Trinajstić information content (AvgIpc) is 2.41. The summed E-state index contributed by atoms with van der Waals surface area (Å²) in [5, 5.41) is 0. The highest BCUT2D eigenvalue weighted by molar-refractivity contribution is 6.59. The van der Waals surface area contributed by atoms with Crippen molar-refractivity contribution in [2.75, 3.05) is 14.2 Å². The van der Waals surface area contributed by atoms with Crippen LogP contribution in [-0.4, -0.2) is 27.8 Å². The fraction of sp³-hybridized carbons (Fsp3) is 0.455. The van der Waals surface area contributed by atoms with Crippen molar-refractivity contribution in [3.63, 3.8) is 0 Å². The molecule has 0 unspecified atom stereocenters. The molecule has 0 aromatic heterocycles. The predicted octanol–water partition coefficient (Wildman–Crippen LogP) is 2.40. The summed E-state index contributed by atoms with van der Waals surface area (Å²) in [7, 11) is -0.748. The van der Waals surface area contributed by atoms with Gasteiger partial charge in [-0.05, 0) is 24.5 Å². The minimum Gasteiger partial charge on any atom is -0.390 e. The zero-order valence-corrected chi connectivity index (χ0v) is 11.5. The number of halogens is 4. The van der Waals surface area contributed by atoms with E-state index < -0.39 is 32.1 Å². The van der Waals surface area contributed by atoms with Gasteiger partial charge in [0.05, 0.1) is 0 Å². The Hall–Kier alpha value is -0.963. The van der Waals surface area contributed by atoms with Crippen molar-refractivity contribution in [1.29, 1.82) is 0 Å².